The number of hydrogen-bond acceptors (Lipinski definition) is 5. The third kappa shape index (κ3) is 3.82. The monoisotopic (exact) mass is 231 g/mol. The van der Waals surface area contributed by atoms with Crippen LogP contribution in [0, 0.1) is 0 Å². The van der Waals surface area contributed by atoms with Gasteiger partial charge < -0.3 is 10.8 Å². The van der Waals surface area contributed by atoms with E-state index in [9.17, 15) is 13.5 Å². The first-order valence-electron chi connectivity index (χ1n) is 4.24. The van der Waals surface area contributed by atoms with E-state index < -0.39 is 16.1 Å². The molecule has 1 aromatic rings. The number of anilines is 1. The molecule has 0 saturated heterocycles. The lowest BCUT2D eigenvalue weighted by Gasteiger charge is -2.08. The molecule has 6 nitrogen and oxygen atoms in total. The molecule has 0 saturated carbocycles. The van der Waals surface area contributed by atoms with Crippen LogP contribution in [0.15, 0.2) is 18.3 Å². The first-order chi connectivity index (χ1) is 6.92. The topological polar surface area (TPSA) is 105 Å². The van der Waals surface area contributed by atoms with Crippen molar-refractivity contribution in [3.05, 3.63) is 23.9 Å². The first-order valence-corrected chi connectivity index (χ1v) is 6.13. The van der Waals surface area contributed by atoms with Gasteiger partial charge in [-0.05, 0) is 6.07 Å². The van der Waals surface area contributed by atoms with Crippen LogP contribution < -0.4 is 10.5 Å². The molecular formula is C8H13N3O3S. The quantitative estimate of drug-likeness (QED) is 0.644. The highest BCUT2D eigenvalue weighted by Gasteiger charge is 2.07. The molecule has 84 valence electrons. The summed E-state index contributed by atoms with van der Waals surface area (Å²) < 4.78 is 23.9. The van der Waals surface area contributed by atoms with Crippen molar-refractivity contribution in [3.63, 3.8) is 0 Å². The van der Waals surface area contributed by atoms with E-state index in [1.165, 1.54) is 12.3 Å². The van der Waals surface area contributed by atoms with Gasteiger partial charge in [0.25, 0.3) is 0 Å². The summed E-state index contributed by atoms with van der Waals surface area (Å²) in [5.41, 5.74) is 5.81. The normalized spacial score (nSPS) is 13.5. The Kier molecular flexibility index (Phi) is 3.61. The lowest BCUT2D eigenvalue weighted by molar-refractivity contribution is 0.186. The number of nitrogens with two attached hydrogens (primary N) is 1. The second-order valence-electron chi connectivity index (χ2n) is 3.10. The molecule has 15 heavy (non-hydrogen) atoms. The molecule has 0 radical (unpaired) electrons. The van der Waals surface area contributed by atoms with E-state index in [2.05, 4.69) is 9.71 Å². The van der Waals surface area contributed by atoms with Crippen LogP contribution in [-0.2, 0) is 10.0 Å². The maximum atomic E-state index is 10.9. The average molecular weight is 231 g/mol. The number of nitrogens with one attached hydrogen (secondary N) is 1. The minimum Gasteiger partial charge on any atom is -0.387 e. The molecule has 0 amide bonds. The van der Waals surface area contributed by atoms with Gasteiger partial charge >= 0.3 is 0 Å². The van der Waals surface area contributed by atoms with Gasteiger partial charge in [0.05, 0.1) is 12.4 Å². The number of aliphatic hydroxyl groups excluding tert-OH is 1. The number of hydrogen-bond donors (Lipinski definition) is 3. The van der Waals surface area contributed by atoms with Crippen molar-refractivity contribution in [1.29, 1.82) is 0 Å². The molecule has 1 rings (SSSR count). The fraction of sp³-hybridized carbons (Fsp3) is 0.375. The Bertz CT molecular complexity index is 415. The van der Waals surface area contributed by atoms with Crippen molar-refractivity contribution in [2.75, 3.05) is 17.5 Å². The number of nitrogens with zero attached hydrogens (tertiary/aromatic N) is 1. The summed E-state index contributed by atoms with van der Waals surface area (Å²) in [6.45, 7) is 0.0977. The highest BCUT2D eigenvalue weighted by Crippen LogP contribution is 2.12. The third-order valence-corrected chi connectivity index (χ3v) is 2.26. The van der Waals surface area contributed by atoms with Crippen molar-refractivity contribution < 1.29 is 13.5 Å². The largest absolute Gasteiger partial charge is 0.387 e. The van der Waals surface area contributed by atoms with Gasteiger partial charge in [0.1, 0.15) is 5.82 Å². The predicted octanol–water partition coefficient (Wildman–Crippen LogP) is -0.555. The van der Waals surface area contributed by atoms with Crippen LogP contribution in [0.25, 0.3) is 0 Å². The van der Waals surface area contributed by atoms with Crippen molar-refractivity contribution in [1.82, 2.24) is 4.98 Å². The van der Waals surface area contributed by atoms with Gasteiger partial charge in [0, 0.05) is 18.3 Å². The van der Waals surface area contributed by atoms with Crippen molar-refractivity contribution in [2.24, 2.45) is 5.73 Å². The van der Waals surface area contributed by atoms with E-state index >= 15 is 0 Å². The molecule has 4 N–H and O–H groups in total. The maximum Gasteiger partial charge on any atom is 0.230 e. The second kappa shape index (κ2) is 4.56. The number of aromatic nitrogens is 1. The molecule has 0 aliphatic rings. The Balaban J connectivity index is 2.81. The maximum absolute atomic E-state index is 10.9. The van der Waals surface area contributed by atoms with Crippen molar-refractivity contribution >= 4 is 15.8 Å². The minimum atomic E-state index is -3.32. The number of rotatable bonds is 4. The van der Waals surface area contributed by atoms with E-state index in [-0.39, 0.29) is 12.4 Å². The first kappa shape index (κ1) is 11.9. The minimum absolute atomic E-state index is 0.0977. The summed E-state index contributed by atoms with van der Waals surface area (Å²) in [5.74, 6) is 0.213. The lowest BCUT2D eigenvalue weighted by atomic mass is 10.2. The summed E-state index contributed by atoms with van der Waals surface area (Å²) >= 11 is 0. The number of pyridine rings is 1. The van der Waals surface area contributed by atoms with Gasteiger partial charge in [0.2, 0.25) is 10.0 Å². The zero-order chi connectivity index (χ0) is 11.5. The molecule has 0 bridgehead atoms. The summed E-state index contributed by atoms with van der Waals surface area (Å²) in [4.78, 5) is 3.83. The van der Waals surface area contributed by atoms with Crippen LogP contribution in [0.2, 0.25) is 0 Å². The predicted molar refractivity (Wildman–Crippen MR) is 56.7 cm³/mol. The number of aliphatic hydroxyl groups is 1. The highest BCUT2D eigenvalue weighted by atomic mass is 32.2. The molecule has 0 fully saturated rings. The van der Waals surface area contributed by atoms with Crippen LogP contribution in [0.5, 0.6) is 0 Å². The molecule has 0 aliphatic carbocycles. The zero-order valence-corrected chi connectivity index (χ0v) is 9.03. The Hall–Kier alpha value is -1.18. The second-order valence-corrected chi connectivity index (χ2v) is 4.85. The molecule has 1 aromatic heterocycles. The van der Waals surface area contributed by atoms with Gasteiger partial charge in [-0.2, -0.15) is 0 Å². The SMILES string of the molecule is CS(=O)(=O)Nc1ccc(C(O)CN)cn1. The van der Waals surface area contributed by atoms with Crippen molar-refractivity contribution in [3.8, 4) is 0 Å². The fourth-order valence-electron chi connectivity index (χ4n) is 0.989. The lowest BCUT2D eigenvalue weighted by Crippen LogP contribution is -2.13. The Morgan fingerprint density at radius 2 is 2.27 bits per heavy atom. The average Bonchev–Trinajstić information content (AvgIpc) is 2.15. The van der Waals surface area contributed by atoms with Crippen molar-refractivity contribution in [2.45, 2.75) is 6.10 Å². The summed E-state index contributed by atoms with van der Waals surface area (Å²) in [5, 5.41) is 9.35. The van der Waals surface area contributed by atoms with E-state index in [1.807, 2.05) is 0 Å². The van der Waals surface area contributed by atoms with Crippen LogP contribution >= 0.6 is 0 Å². The highest BCUT2D eigenvalue weighted by molar-refractivity contribution is 7.92. The van der Waals surface area contributed by atoms with Crippen LogP contribution in [0.4, 0.5) is 5.82 Å². The third-order valence-electron chi connectivity index (χ3n) is 1.68. The van der Waals surface area contributed by atoms with Crippen LogP contribution in [0.3, 0.4) is 0 Å². The number of sulfonamides is 1. The van der Waals surface area contributed by atoms with Crippen LogP contribution in [0.1, 0.15) is 11.7 Å². The summed E-state index contributed by atoms with van der Waals surface area (Å²) in [7, 11) is -3.32. The van der Waals surface area contributed by atoms with Gasteiger partial charge in [-0.15, -0.1) is 0 Å². The molecule has 1 heterocycles. The van der Waals surface area contributed by atoms with E-state index in [0.717, 1.165) is 6.26 Å². The summed E-state index contributed by atoms with van der Waals surface area (Å²) in [6, 6.07) is 3.04. The molecule has 0 spiro atoms. The van der Waals surface area contributed by atoms with E-state index in [4.69, 9.17) is 5.73 Å². The molecule has 7 heteroatoms. The molecule has 0 aliphatic heterocycles. The molecular weight excluding hydrogens is 218 g/mol. The fourth-order valence-corrected chi connectivity index (χ4v) is 1.49. The molecule has 0 aromatic carbocycles. The van der Waals surface area contributed by atoms with E-state index in [0.29, 0.717) is 5.56 Å². The summed E-state index contributed by atoms with van der Waals surface area (Å²) in [6.07, 6.45) is 1.65. The van der Waals surface area contributed by atoms with Crippen LogP contribution in [-0.4, -0.2) is 31.3 Å². The smallest absolute Gasteiger partial charge is 0.230 e. The Labute approximate surface area is 88.2 Å². The zero-order valence-electron chi connectivity index (χ0n) is 8.21. The Morgan fingerprint density at radius 1 is 1.60 bits per heavy atom. The van der Waals surface area contributed by atoms with Gasteiger partial charge in [-0.25, -0.2) is 13.4 Å². The Morgan fingerprint density at radius 3 is 2.67 bits per heavy atom. The van der Waals surface area contributed by atoms with Gasteiger partial charge in [-0.1, -0.05) is 6.07 Å². The molecule has 1 unspecified atom stereocenters. The van der Waals surface area contributed by atoms with E-state index in [1.54, 1.807) is 6.07 Å². The standard InChI is InChI=1S/C8H13N3O3S/c1-15(13,14)11-8-3-2-6(5-10-8)7(12)4-9/h2-3,5,7,12H,4,9H2,1H3,(H,10,11). The van der Waals surface area contributed by atoms with Gasteiger partial charge in [0.15, 0.2) is 0 Å². The molecule has 1 atom stereocenters. The van der Waals surface area contributed by atoms with Gasteiger partial charge in [-0.3, -0.25) is 4.72 Å².